The first-order valence-corrected chi connectivity index (χ1v) is 8.68. The summed E-state index contributed by atoms with van der Waals surface area (Å²) in [5, 5.41) is 3.13. The number of aromatic amines is 1. The molecule has 3 rings (SSSR count). The van der Waals surface area contributed by atoms with Crippen molar-refractivity contribution in [2.24, 2.45) is 0 Å². The van der Waals surface area contributed by atoms with E-state index in [2.05, 4.69) is 20.2 Å². The molecular formula is C19H24N4O2. The van der Waals surface area contributed by atoms with E-state index in [1.807, 2.05) is 38.1 Å². The predicted octanol–water partition coefficient (Wildman–Crippen LogP) is 1.71. The molecule has 0 atom stereocenters. The first-order chi connectivity index (χ1) is 12.0. The first kappa shape index (κ1) is 17.2. The van der Waals surface area contributed by atoms with Gasteiger partial charge in [-0.15, -0.1) is 0 Å². The van der Waals surface area contributed by atoms with Crippen molar-refractivity contribution in [2.75, 3.05) is 18.0 Å². The smallest absolute Gasteiger partial charge is 0.252 e. The van der Waals surface area contributed by atoms with Crippen LogP contribution in [-0.4, -0.2) is 35.0 Å². The molecule has 2 aromatic rings. The largest absolute Gasteiger partial charge is 0.353 e. The van der Waals surface area contributed by atoms with Crippen LogP contribution >= 0.6 is 0 Å². The number of aryl methyl sites for hydroxylation is 2. The molecule has 0 bridgehead atoms. The molecule has 0 saturated carbocycles. The van der Waals surface area contributed by atoms with Crippen molar-refractivity contribution in [1.82, 2.24) is 15.3 Å². The topological polar surface area (TPSA) is 78.1 Å². The summed E-state index contributed by atoms with van der Waals surface area (Å²) in [5.74, 6) is 0.685. The molecule has 0 aliphatic carbocycles. The molecule has 1 saturated heterocycles. The Labute approximate surface area is 147 Å². The Morgan fingerprint density at radius 2 is 2.00 bits per heavy atom. The van der Waals surface area contributed by atoms with Gasteiger partial charge in [0.05, 0.1) is 6.42 Å². The minimum Gasteiger partial charge on any atom is -0.353 e. The lowest BCUT2D eigenvalue weighted by atomic mass is 10.0. The third-order valence-electron chi connectivity index (χ3n) is 4.63. The number of amides is 1. The molecule has 0 radical (unpaired) electrons. The van der Waals surface area contributed by atoms with Gasteiger partial charge in [-0.2, -0.15) is 0 Å². The van der Waals surface area contributed by atoms with Crippen molar-refractivity contribution in [1.29, 1.82) is 0 Å². The maximum absolute atomic E-state index is 12.3. The number of nitrogens with zero attached hydrogens (tertiary/aromatic N) is 2. The maximum Gasteiger partial charge on any atom is 0.252 e. The zero-order valence-electron chi connectivity index (χ0n) is 14.7. The molecule has 25 heavy (non-hydrogen) atoms. The van der Waals surface area contributed by atoms with Crippen LogP contribution in [0.5, 0.6) is 0 Å². The van der Waals surface area contributed by atoms with Crippen LogP contribution in [0.4, 0.5) is 5.95 Å². The highest BCUT2D eigenvalue weighted by Crippen LogP contribution is 2.16. The van der Waals surface area contributed by atoms with Crippen molar-refractivity contribution < 1.29 is 4.79 Å². The number of carbonyl (C=O) groups is 1. The Hall–Kier alpha value is -2.63. The van der Waals surface area contributed by atoms with E-state index in [1.165, 1.54) is 6.07 Å². The molecule has 2 N–H and O–H groups in total. The van der Waals surface area contributed by atoms with Crippen molar-refractivity contribution in [2.45, 2.75) is 39.2 Å². The quantitative estimate of drug-likeness (QED) is 0.888. The Kier molecular flexibility index (Phi) is 5.16. The maximum atomic E-state index is 12.3. The van der Waals surface area contributed by atoms with Gasteiger partial charge < -0.3 is 10.2 Å². The zero-order chi connectivity index (χ0) is 17.8. The lowest BCUT2D eigenvalue weighted by molar-refractivity contribution is -0.121. The van der Waals surface area contributed by atoms with Crippen molar-refractivity contribution in [3.8, 4) is 0 Å². The normalized spacial score (nSPS) is 15.2. The Morgan fingerprint density at radius 1 is 1.28 bits per heavy atom. The van der Waals surface area contributed by atoms with Crippen LogP contribution in [-0.2, 0) is 11.2 Å². The van der Waals surface area contributed by atoms with Crippen LogP contribution in [0.3, 0.4) is 0 Å². The fourth-order valence-corrected chi connectivity index (χ4v) is 3.21. The van der Waals surface area contributed by atoms with Gasteiger partial charge in [-0.05, 0) is 37.8 Å². The molecule has 1 fully saturated rings. The highest BCUT2D eigenvalue weighted by atomic mass is 16.1. The molecule has 6 heteroatoms. The number of carbonyl (C=O) groups excluding carboxylic acids is 1. The second-order valence-electron chi connectivity index (χ2n) is 6.64. The lowest BCUT2D eigenvalue weighted by Gasteiger charge is -2.32. The molecule has 2 heterocycles. The van der Waals surface area contributed by atoms with Gasteiger partial charge in [0.2, 0.25) is 11.9 Å². The summed E-state index contributed by atoms with van der Waals surface area (Å²) in [6.45, 7) is 5.37. The summed E-state index contributed by atoms with van der Waals surface area (Å²) in [6, 6.07) is 9.62. The summed E-state index contributed by atoms with van der Waals surface area (Å²) in [5.41, 5.74) is 2.80. The number of piperidine rings is 1. The van der Waals surface area contributed by atoms with Crippen LogP contribution in [0.15, 0.2) is 35.1 Å². The molecule has 1 amide bonds. The van der Waals surface area contributed by atoms with Crippen LogP contribution in [0, 0.1) is 13.8 Å². The van der Waals surface area contributed by atoms with Gasteiger partial charge in [-0.1, -0.05) is 24.3 Å². The van der Waals surface area contributed by atoms with E-state index in [-0.39, 0.29) is 17.5 Å². The van der Waals surface area contributed by atoms with Gasteiger partial charge in [0, 0.05) is 30.9 Å². The molecule has 1 aromatic heterocycles. The van der Waals surface area contributed by atoms with Crippen molar-refractivity contribution >= 4 is 11.9 Å². The highest BCUT2D eigenvalue weighted by molar-refractivity contribution is 5.79. The van der Waals surface area contributed by atoms with Gasteiger partial charge in [-0.3, -0.25) is 14.6 Å². The van der Waals surface area contributed by atoms with E-state index >= 15 is 0 Å². The van der Waals surface area contributed by atoms with Crippen LogP contribution in [0.25, 0.3) is 0 Å². The molecule has 0 unspecified atom stereocenters. The Balaban J connectivity index is 1.53. The number of benzene rings is 1. The van der Waals surface area contributed by atoms with Crippen molar-refractivity contribution in [3.63, 3.8) is 0 Å². The molecule has 1 aliphatic heterocycles. The number of anilines is 1. The van der Waals surface area contributed by atoms with E-state index in [4.69, 9.17) is 0 Å². The summed E-state index contributed by atoms with van der Waals surface area (Å²) < 4.78 is 0. The summed E-state index contributed by atoms with van der Waals surface area (Å²) in [6.07, 6.45) is 2.11. The molecule has 0 spiro atoms. The third-order valence-corrected chi connectivity index (χ3v) is 4.63. The van der Waals surface area contributed by atoms with E-state index < -0.39 is 0 Å². The number of aromatic nitrogens is 2. The second-order valence-corrected chi connectivity index (χ2v) is 6.64. The van der Waals surface area contributed by atoms with E-state index in [1.54, 1.807) is 0 Å². The number of nitrogens with one attached hydrogen (secondary N) is 2. The number of rotatable bonds is 4. The highest BCUT2D eigenvalue weighted by Gasteiger charge is 2.22. The standard InChI is InChI=1S/C19H24N4O2/c1-13-5-3-4-6-15(13)12-18(25)21-16-7-9-23(10-8-16)19-20-14(2)11-17(24)22-19/h3-6,11,16H,7-10,12H2,1-2H3,(H,21,25)(H,20,22,24). The molecule has 132 valence electrons. The number of hydrogen-bond donors (Lipinski definition) is 2. The van der Waals surface area contributed by atoms with Crippen LogP contribution in [0.1, 0.15) is 29.7 Å². The predicted molar refractivity (Wildman–Crippen MR) is 97.9 cm³/mol. The van der Waals surface area contributed by atoms with Crippen molar-refractivity contribution in [3.05, 3.63) is 57.5 Å². The van der Waals surface area contributed by atoms with Gasteiger partial charge in [0.15, 0.2) is 0 Å². The van der Waals surface area contributed by atoms with Crippen LogP contribution in [0.2, 0.25) is 0 Å². The van der Waals surface area contributed by atoms with E-state index in [0.29, 0.717) is 18.1 Å². The first-order valence-electron chi connectivity index (χ1n) is 8.68. The van der Waals surface area contributed by atoms with Gasteiger partial charge in [0.1, 0.15) is 0 Å². The summed E-state index contributed by atoms with van der Waals surface area (Å²) >= 11 is 0. The molecular weight excluding hydrogens is 316 g/mol. The minimum atomic E-state index is -0.129. The minimum absolute atomic E-state index is 0.0647. The summed E-state index contributed by atoms with van der Waals surface area (Å²) in [4.78, 5) is 33.1. The van der Waals surface area contributed by atoms with Gasteiger partial charge >= 0.3 is 0 Å². The second kappa shape index (κ2) is 7.51. The average Bonchev–Trinajstić information content (AvgIpc) is 2.57. The fourth-order valence-electron chi connectivity index (χ4n) is 3.21. The van der Waals surface area contributed by atoms with E-state index in [9.17, 15) is 9.59 Å². The van der Waals surface area contributed by atoms with Gasteiger partial charge in [0.25, 0.3) is 5.56 Å². The average molecular weight is 340 g/mol. The zero-order valence-corrected chi connectivity index (χ0v) is 14.7. The Morgan fingerprint density at radius 3 is 2.68 bits per heavy atom. The fraction of sp³-hybridized carbons (Fsp3) is 0.421. The monoisotopic (exact) mass is 340 g/mol. The number of H-pyrrole nitrogens is 1. The lowest BCUT2D eigenvalue weighted by Crippen LogP contribution is -2.45. The Bertz CT molecular complexity index is 807. The third kappa shape index (κ3) is 4.47. The van der Waals surface area contributed by atoms with E-state index in [0.717, 1.165) is 37.1 Å². The SMILES string of the molecule is Cc1cc(=O)[nH]c(N2CCC(NC(=O)Cc3ccccc3C)CC2)n1. The molecule has 1 aliphatic rings. The van der Waals surface area contributed by atoms with Crippen LogP contribution < -0.4 is 15.8 Å². The molecule has 6 nitrogen and oxygen atoms in total. The number of hydrogen-bond acceptors (Lipinski definition) is 4. The molecule has 1 aromatic carbocycles. The van der Waals surface area contributed by atoms with Gasteiger partial charge in [-0.25, -0.2) is 4.98 Å². The summed E-state index contributed by atoms with van der Waals surface area (Å²) in [7, 11) is 0.